The summed E-state index contributed by atoms with van der Waals surface area (Å²) in [6.45, 7) is 4.54. The number of aromatic nitrogens is 1. The molecule has 0 amide bonds. The number of hydrogen-bond donors (Lipinski definition) is 1. The van der Waals surface area contributed by atoms with Gasteiger partial charge in [-0.2, -0.15) is 0 Å². The van der Waals surface area contributed by atoms with E-state index in [9.17, 15) is 5.11 Å². The molecule has 2 aromatic carbocycles. The van der Waals surface area contributed by atoms with Gasteiger partial charge in [-0.15, -0.1) is 0 Å². The van der Waals surface area contributed by atoms with E-state index in [0.717, 1.165) is 29.7 Å². The first-order valence-corrected chi connectivity index (χ1v) is 9.10. The van der Waals surface area contributed by atoms with Crippen molar-refractivity contribution in [3.8, 4) is 17.0 Å². The maximum Gasteiger partial charge on any atom is 0.132 e. The first-order chi connectivity index (χ1) is 12.6. The zero-order chi connectivity index (χ0) is 18.4. The predicted octanol–water partition coefficient (Wildman–Crippen LogP) is 5.18. The Labute approximate surface area is 155 Å². The molecule has 3 rings (SSSR count). The lowest BCUT2D eigenvalue weighted by molar-refractivity contribution is 0.0932. The smallest absolute Gasteiger partial charge is 0.132 e. The van der Waals surface area contributed by atoms with Crippen molar-refractivity contribution in [1.29, 1.82) is 0 Å². The molecule has 0 saturated heterocycles. The van der Waals surface area contributed by atoms with Gasteiger partial charge in [0, 0.05) is 11.1 Å². The van der Waals surface area contributed by atoms with Gasteiger partial charge in [0.15, 0.2) is 0 Å². The molecule has 1 aromatic heterocycles. The van der Waals surface area contributed by atoms with Gasteiger partial charge in [0.25, 0.3) is 0 Å². The Bertz CT molecular complexity index is 844. The minimum absolute atomic E-state index is 0.602. The van der Waals surface area contributed by atoms with Crippen LogP contribution in [0.3, 0.4) is 0 Å². The fraction of sp³-hybridized carbons (Fsp3) is 0.261. The standard InChI is InChI=1S/C23H25NO2/c1-3-4-17-26-21-15-9-8-13-19(21)23(2,25)22-16-10-14-20(24-22)18-11-6-5-7-12-18/h5-16,25H,3-4,17H2,1-2H3. The highest BCUT2D eigenvalue weighted by molar-refractivity contribution is 5.59. The van der Waals surface area contributed by atoms with Gasteiger partial charge < -0.3 is 9.84 Å². The molecule has 0 aliphatic heterocycles. The molecule has 1 N–H and O–H groups in total. The fourth-order valence-electron chi connectivity index (χ4n) is 2.93. The van der Waals surface area contributed by atoms with Crippen LogP contribution < -0.4 is 4.74 Å². The van der Waals surface area contributed by atoms with Crippen LogP contribution in [0.15, 0.2) is 72.8 Å². The molecule has 0 saturated carbocycles. The van der Waals surface area contributed by atoms with E-state index in [4.69, 9.17) is 9.72 Å². The van der Waals surface area contributed by atoms with Crippen molar-refractivity contribution >= 4 is 0 Å². The van der Waals surface area contributed by atoms with Crippen LogP contribution in [0.1, 0.15) is 37.9 Å². The zero-order valence-corrected chi connectivity index (χ0v) is 15.4. The van der Waals surface area contributed by atoms with Gasteiger partial charge >= 0.3 is 0 Å². The molecule has 26 heavy (non-hydrogen) atoms. The van der Waals surface area contributed by atoms with E-state index in [0.29, 0.717) is 18.1 Å². The lowest BCUT2D eigenvalue weighted by atomic mass is 9.91. The molecule has 0 aliphatic carbocycles. The molecular formula is C23H25NO2. The van der Waals surface area contributed by atoms with Crippen molar-refractivity contribution in [3.05, 3.63) is 84.1 Å². The molecule has 3 aromatic rings. The van der Waals surface area contributed by atoms with Crippen LogP contribution >= 0.6 is 0 Å². The van der Waals surface area contributed by atoms with Gasteiger partial charge in [-0.05, 0) is 31.5 Å². The molecule has 1 unspecified atom stereocenters. The van der Waals surface area contributed by atoms with Crippen LogP contribution in [0.2, 0.25) is 0 Å². The summed E-state index contributed by atoms with van der Waals surface area (Å²) in [6, 6.07) is 23.4. The third-order valence-electron chi connectivity index (χ3n) is 4.48. The largest absolute Gasteiger partial charge is 0.493 e. The number of hydrogen-bond acceptors (Lipinski definition) is 3. The Morgan fingerprint density at radius 1 is 0.923 bits per heavy atom. The molecule has 1 heterocycles. The van der Waals surface area contributed by atoms with Gasteiger partial charge in [-0.1, -0.05) is 67.9 Å². The van der Waals surface area contributed by atoms with Gasteiger partial charge in [0.1, 0.15) is 11.4 Å². The zero-order valence-electron chi connectivity index (χ0n) is 15.4. The van der Waals surface area contributed by atoms with E-state index in [1.165, 1.54) is 0 Å². The summed E-state index contributed by atoms with van der Waals surface area (Å²) in [5.74, 6) is 0.706. The number of pyridine rings is 1. The topological polar surface area (TPSA) is 42.4 Å². The van der Waals surface area contributed by atoms with E-state index < -0.39 is 5.60 Å². The summed E-state index contributed by atoms with van der Waals surface area (Å²) in [6.07, 6.45) is 2.05. The van der Waals surface area contributed by atoms with E-state index >= 15 is 0 Å². The molecule has 0 aliphatic rings. The predicted molar refractivity (Wildman–Crippen MR) is 105 cm³/mol. The Morgan fingerprint density at radius 3 is 2.42 bits per heavy atom. The third-order valence-corrected chi connectivity index (χ3v) is 4.48. The maximum absolute atomic E-state index is 11.3. The van der Waals surface area contributed by atoms with Gasteiger partial charge in [0.05, 0.1) is 18.0 Å². The minimum atomic E-state index is -1.24. The number of nitrogens with zero attached hydrogens (tertiary/aromatic N) is 1. The minimum Gasteiger partial charge on any atom is -0.493 e. The van der Waals surface area contributed by atoms with Crippen LogP contribution in [0, 0.1) is 0 Å². The van der Waals surface area contributed by atoms with Gasteiger partial charge in [-0.3, -0.25) is 0 Å². The van der Waals surface area contributed by atoms with Gasteiger partial charge in [-0.25, -0.2) is 4.98 Å². The maximum atomic E-state index is 11.3. The van der Waals surface area contributed by atoms with Crippen LogP contribution in [0.25, 0.3) is 11.3 Å². The van der Waals surface area contributed by atoms with Crippen LogP contribution in [0.4, 0.5) is 0 Å². The normalized spacial score (nSPS) is 13.2. The number of benzene rings is 2. The molecule has 3 heteroatoms. The molecule has 0 bridgehead atoms. The summed E-state index contributed by atoms with van der Waals surface area (Å²) >= 11 is 0. The first-order valence-electron chi connectivity index (χ1n) is 9.10. The van der Waals surface area contributed by atoms with Crippen molar-refractivity contribution in [3.63, 3.8) is 0 Å². The Balaban J connectivity index is 1.96. The Hall–Kier alpha value is -2.65. The van der Waals surface area contributed by atoms with E-state index in [1.807, 2.05) is 72.8 Å². The van der Waals surface area contributed by atoms with E-state index in [-0.39, 0.29) is 0 Å². The van der Waals surface area contributed by atoms with Crippen molar-refractivity contribution in [2.24, 2.45) is 0 Å². The van der Waals surface area contributed by atoms with Crippen LogP contribution in [-0.2, 0) is 5.60 Å². The van der Waals surface area contributed by atoms with Crippen molar-refractivity contribution in [2.45, 2.75) is 32.3 Å². The molecular weight excluding hydrogens is 322 g/mol. The lowest BCUT2D eigenvalue weighted by Crippen LogP contribution is -2.25. The fourth-order valence-corrected chi connectivity index (χ4v) is 2.93. The molecule has 0 fully saturated rings. The number of rotatable bonds is 7. The second kappa shape index (κ2) is 8.15. The number of para-hydroxylation sites is 1. The molecule has 0 spiro atoms. The van der Waals surface area contributed by atoms with Crippen molar-refractivity contribution in [1.82, 2.24) is 4.98 Å². The quantitative estimate of drug-likeness (QED) is 0.599. The summed E-state index contributed by atoms with van der Waals surface area (Å²) in [5.41, 5.74) is 1.96. The number of ether oxygens (including phenoxy) is 1. The Kier molecular flexibility index (Phi) is 5.69. The lowest BCUT2D eigenvalue weighted by Gasteiger charge is -2.26. The van der Waals surface area contributed by atoms with Crippen LogP contribution in [-0.4, -0.2) is 16.7 Å². The van der Waals surface area contributed by atoms with Crippen LogP contribution in [0.5, 0.6) is 5.75 Å². The average molecular weight is 347 g/mol. The summed E-state index contributed by atoms with van der Waals surface area (Å²) in [5, 5.41) is 11.3. The molecule has 134 valence electrons. The summed E-state index contributed by atoms with van der Waals surface area (Å²) in [4.78, 5) is 4.72. The SMILES string of the molecule is CCCCOc1ccccc1C(C)(O)c1cccc(-c2ccccc2)n1. The average Bonchev–Trinajstić information content (AvgIpc) is 2.69. The second-order valence-corrected chi connectivity index (χ2v) is 6.54. The second-order valence-electron chi connectivity index (χ2n) is 6.54. The summed E-state index contributed by atoms with van der Waals surface area (Å²) < 4.78 is 5.91. The summed E-state index contributed by atoms with van der Waals surface area (Å²) in [7, 11) is 0. The van der Waals surface area contributed by atoms with Crippen molar-refractivity contribution < 1.29 is 9.84 Å². The highest BCUT2D eigenvalue weighted by Crippen LogP contribution is 2.35. The van der Waals surface area contributed by atoms with Gasteiger partial charge in [0.2, 0.25) is 0 Å². The first kappa shape index (κ1) is 18.2. The monoisotopic (exact) mass is 347 g/mol. The highest BCUT2D eigenvalue weighted by atomic mass is 16.5. The third kappa shape index (κ3) is 3.94. The number of unbranched alkanes of at least 4 members (excludes halogenated alkanes) is 1. The molecule has 1 atom stereocenters. The van der Waals surface area contributed by atoms with E-state index in [2.05, 4.69) is 6.92 Å². The Morgan fingerprint density at radius 2 is 1.65 bits per heavy atom. The molecule has 0 radical (unpaired) electrons. The van der Waals surface area contributed by atoms with E-state index in [1.54, 1.807) is 6.92 Å². The highest BCUT2D eigenvalue weighted by Gasteiger charge is 2.30. The number of aliphatic hydroxyl groups is 1. The van der Waals surface area contributed by atoms with Crippen molar-refractivity contribution in [2.75, 3.05) is 6.61 Å². The molecule has 3 nitrogen and oxygen atoms in total.